The first kappa shape index (κ1) is 17.5. The number of nitrogens with one attached hydrogen (secondary N) is 2. The summed E-state index contributed by atoms with van der Waals surface area (Å²) in [6.45, 7) is 0. The van der Waals surface area contributed by atoms with E-state index in [0.717, 1.165) is 40.5 Å². The molecule has 8 rings (SSSR count). The van der Waals surface area contributed by atoms with Gasteiger partial charge in [0.05, 0.1) is 0 Å². The Kier molecular flexibility index (Phi) is 3.54. The Hall–Kier alpha value is -1.30. The third-order valence-corrected chi connectivity index (χ3v) is 9.66. The van der Waals surface area contributed by atoms with Gasteiger partial charge in [-0.15, -0.1) is 0 Å². The highest BCUT2D eigenvalue weighted by molar-refractivity contribution is 5.95. The van der Waals surface area contributed by atoms with Gasteiger partial charge in [0, 0.05) is 11.1 Å². The Labute approximate surface area is 168 Å². The van der Waals surface area contributed by atoms with Crippen LogP contribution < -0.4 is 11.6 Å². The average Bonchev–Trinajstić information content (AvgIpc) is 2.58. The molecule has 0 saturated heterocycles. The van der Waals surface area contributed by atoms with E-state index in [4.69, 9.17) is 22.4 Å². The molecule has 6 N–H and O–H groups in total. The summed E-state index contributed by atoms with van der Waals surface area (Å²) in [5.41, 5.74) is 5.95. The van der Waals surface area contributed by atoms with E-state index >= 15 is 0 Å². The van der Waals surface area contributed by atoms with E-state index in [1.165, 1.54) is 77.0 Å². The topological polar surface area (TPSA) is 106 Å². The Balaban J connectivity index is 1.44. The number of hydrogen-bond acceptors (Lipinski definition) is 3. The predicted octanol–water partition coefficient (Wildman–Crippen LogP) is 3.23. The number of guanidine groups is 2. The molecule has 0 amide bonds. The zero-order valence-electron chi connectivity index (χ0n) is 17.0. The van der Waals surface area contributed by atoms with E-state index in [1.54, 1.807) is 0 Å². The molecule has 6 heteroatoms. The van der Waals surface area contributed by atoms with Gasteiger partial charge in [-0.3, -0.25) is 10.8 Å². The molecule has 0 aromatic rings. The van der Waals surface area contributed by atoms with Crippen LogP contribution in [0.15, 0.2) is 0 Å². The van der Waals surface area contributed by atoms with Crippen molar-refractivity contribution < 1.29 is 0 Å². The first-order valence-electron chi connectivity index (χ1n) is 11.6. The Morgan fingerprint density at radius 3 is 1.18 bits per heavy atom. The first-order valence-corrected chi connectivity index (χ1v) is 11.6. The molecule has 0 aliphatic heterocycles. The van der Waals surface area contributed by atoms with Gasteiger partial charge >= 0.3 is 0 Å². The zero-order valence-corrected chi connectivity index (χ0v) is 17.0. The molecule has 28 heavy (non-hydrogen) atoms. The number of hydrazine groups is 1. The molecule has 8 aliphatic rings. The highest BCUT2D eigenvalue weighted by Crippen LogP contribution is 2.64. The lowest BCUT2D eigenvalue weighted by atomic mass is 9.48. The van der Waals surface area contributed by atoms with Gasteiger partial charge in [0.1, 0.15) is 0 Å². The van der Waals surface area contributed by atoms with Gasteiger partial charge in [0.25, 0.3) is 0 Å². The van der Waals surface area contributed by atoms with Crippen LogP contribution in [0.3, 0.4) is 0 Å². The standard InChI is InChI=1S/C22H36N6/c23-19(24)27(26)20(25)28(21-7-13-1-14(8-21)3-15(2-13)9-21)22-10-16-4-17(11-22)6-18(5-16)12-22/h13-18,25H,1-12,26H2,(H3,23,24). The molecule has 0 heterocycles. The van der Waals surface area contributed by atoms with E-state index in [0.29, 0.717) is 5.96 Å². The van der Waals surface area contributed by atoms with Crippen molar-refractivity contribution >= 4 is 11.9 Å². The molecular weight excluding hydrogens is 348 g/mol. The molecule has 8 fully saturated rings. The van der Waals surface area contributed by atoms with Gasteiger partial charge in [0.2, 0.25) is 11.9 Å². The van der Waals surface area contributed by atoms with Crippen LogP contribution in [0.5, 0.6) is 0 Å². The van der Waals surface area contributed by atoms with Crippen LogP contribution in [0.4, 0.5) is 0 Å². The van der Waals surface area contributed by atoms with Crippen molar-refractivity contribution in [2.24, 2.45) is 47.1 Å². The van der Waals surface area contributed by atoms with Crippen LogP contribution in [0.1, 0.15) is 77.0 Å². The maximum absolute atomic E-state index is 9.16. The Bertz CT molecular complexity index is 599. The van der Waals surface area contributed by atoms with Crippen molar-refractivity contribution in [3.05, 3.63) is 0 Å². The zero-order chi connectivity index (χ0) is 19.3. The third-order valence-electron chi connectivity index (χ3n) is 9.66. The molecule has 8 bridgehead atoms. The number of rotatable bonds is 2. The van der Waals surface area contributed by atoms with Crippen LogP contribution in [-0.4, -0.2) is 32.9 Å². The summed E-state index contributed by atoms with van der Waals surface area (Å²) < 4.78 is 0. The second-order valence-corrected chi connectivity index (χ2v) is 11.7. The third kappa shape index (κ3) is 2.36. The highest BCUT2D eigenvalue weighted by atomic mass is 15.6. The molecule has 8 aliphatic carbocycles. The molecule has 0 aromatic carbocycles. The van der Waals surface area contributed by atoms with E-state index in [9.17, 15) is 0 Å². The summed E-state index contributed by atoms with van der Waals surface area (Å²) in [7, 11) is 0. The number of hydrogen-bond donors (Lipinski definition) is 4. The van der Waals surface area contributed by atoms with Crippen LogP contribution in [0.2, 0.25) is 0 Å². The summed E-state index contributed by atoms with van der Waals surface area (Å²) >= 11 is 0. The van der Waals surface area contributed by atoms with Crippen molar-refractivity contribution in [3.8, 4) is 0 Å². The smallest absolute Gasteiger partial charge is 0.216 e. The maximum atomic E-state index is 9.16. The minimum Gasteiger partial charge on any atom is -0.369 e. The van der Waals surface area contributed by atoms with E-state index in [2.05, 4.69) is 4.90 Å². The normalized spacial score (nSPS) is 50.0. The van der Waals surface area contributed by atoms with Crippen molar-refractivity contribution in [2.45, 2.75) is 88.1 Å². The van der Waals surface area contributed by atoms with Crippen LogP contribution in [-0.2, 0) is 0 Å². The van der Waals surface area contributed by atoms with E-state index in [1.807, 2.05) is 0 Å². The second-order valence-electron chi connectivity index (χ2n) is 11.7. The first-order chi connectivity index (χ1) is 13.4. The van der Waals surface area contributed by atoms with E-state index < -0.39 is 0 Å². The SMILES string of the molecule is N=C(N)N(N)C(=N)N(C12CC3CC(CC(C3)C1)C2)C12CC3CC(CC(C3)C1)C2. The summed E-state index contributed by atoms with van der Waals surface area (Å²) in [5.74, 6) is 11.3. The molecule has 8 saturated carbocycles. The van der Waals surface area contributed by atoms with Gasteiger partial charge in [-0.1, -0.05) is 0 Å². The second kappa shape index (κ2) is 5.65. The largest absolute Gasteiger partial charge is 0.369 e. The van der Waals surface area contributed by atoms with Gasteiger partial charge < -0.3 is 10.6 Å². The monoisotopic (exact) mass is 384 g/mol. The van der Waals surface area contributed by atoms with Crippen LogP contribution >= 0.6 is 0 Å². The summed E-state index contributed by atoms with van der Waals surface area (Å²) in [6.07, 6.45) is 15.8. The lowest BCUT2D eigenvalue weighted by molar-refractivity contribution is -0.149. The Morgan fingerprint density at radius 1 is 0.643 bits per heavy atom. The summed E-state index contributed by atoms with van der Waals surface area (Å²) in [6, 6.07) is 0. The minimum absolute atomic E-state index is 0.0879. The summed E-state index contributed by atoms with van der Waals surface area (Å²) in [5, 5.41) is 18.2. The fraction of sp³-hybridized carbons (Fsp3) is 0.909. The van der Waals surface area contributed by atoms with Gasteiger partial charge in [-0.05, 0) is 113 Å². The van der Waals surface area contributed by atoms with Crippen molar-refractivity contribution in [1.82, 2.24) is 9.91 Å². The molecule has 0 spiro atoms. The predicted molar refractivity (Wildman–Crippen MR) is 109 cm³/mol. The van der Waals surface area contributed by atoms with Crippen molar-refractivity contribution in [2.75, 3.05) is 0 Å². The highest BCUT2D eigenvalue weighted by Gasteiger charge is 2.62. The lowest BCUT2D eigenvalue weighted by Gasteiger charge is -2.69. The molecule has 154 valence electrons. The fourth-order valence-electron chi connectivity index (χ4n) is 9.85. The molecular formula is C22H36N6. The summed E-state index contributed by atoms with van der Waals surface area (Å²) in [4.78, 5) is 2.52. The average molecular weight is 385 g/mol. The van der Waals surface area contributed by atoms with Gasteiger partial charge in [-0.25, -0.2) is 10.9 Å². The molecule has 0 unspecified atom stereocenters. The number of nitrogens with zero attached hydrogens (tertiary/aromatic N) is 2. The fourth-order valence-corrected chi connectivity index (χ4v) is 9.85. The molecule has 0 radical (unpaired) electrons. The van der Waals surface area contributed by atoms with Crippen LogP contribution in [0, 0.1) is 46.3 Å². The molecule has 0 aromatic heterocycles. The van der Waals surface area contributed by atoms with E-state index in [-0.39, 0.29) is 17.0 Å². The lowest BCUT2D eigenvalue weighted by Crippen LogP contribution is -2.74. The number of nitrogens with two attached hydrogens (primary N) is 2. The van der Waals surface area contributed by atoms with Gasteiger partial charge in [0.15, 0.2) is 0 Å². The van der Waals surface area contributed by atoms with Crippen LogP contribution in [0.25, 0.3) is 0 Å². The maximum Gasteiger partial charge on any atom is 0.216 e. The molecule has 6 nitrogen and oxygen atoms in total. The Morgan fingerprint density at radius 2 is 0.929 bits per heavy atom. The molecule has 0 atom stereocenters. The van der Waals surface area contributed by atoms with Crippen molar-refractivity contribution in [3.63, 3.8) is 0 Å². The van der Waals surface area contributed by atoms with Crippen molar-refractivity contribution in [1.29, 1.82) is 10.8 Å². The van der Waals surface area contributed by atoms with Gasteiger partial charge in [-0.2, -0.15) is 0 Å². The minimum atomic E-state index is -0.204. The quantitative estimate of drug-likeness (QED) is 0.254.